The van der Waals surface area contributed by atoms with E-state index in [0.717, 1.165) is 30.4 Å². The molecule has 1 fully saturated rings. The van der Waals surface area contributed by atoms with Crippen molar-refractivity contribution in [1.29, 1.82) is 0 Å². The van der Waals surface area contributed by atoms with E-state index in [-0.39, 0.29) is 0 Å². The van der Waals surface area contributed by atoms with Gasteiger partial charge in [-0.2, -0.15) is 0 Å². The van der Waals surface area contributed by atoms with E-state index in [2.05, 4.69) is 11.8 Å². The van der Waals surface area contributed by atoms with Gasteiger partial charge in [0.05, 0.1) is 13.2 Å². The minimum Gasteiger partial charge on any atom is -0.494 e. The highest BCUT2D eigenvalue weighted by Crippen LogP contribution is 2.18. The summed E-state index contributed by atoms with van der Waals surface area (Å²) in [6.07, 6.45) is 5.08. The van der Waals surface area contributed by atoms with E-state index in [1.165, 1.54) is 38.9 Å². The van der Waals surface area contributed by atoms with Gasteiger partial charge in [-0.15, -0.1) is 0 Å². The predicted molar refractivity (Wildman–Crippen MR) is 102 cm³/mol. The minimum atomic E-state index is -1.82. The molecule has 1 saturated heterocycles. The number of carboxylic acid groups (broad SMARTS) is 2. The number of carboxylic acids is 2. The first-order valence-electron chi connectivity index (χ1n) is 9.46. The summed E-state index contributed by atoms with van der Waals surface area (Å²) in [4.78, 5) is 20.8. The van der Waals surface area contributed by atoms with E-state index in [1.807, 2.05) is 31.2 Å². The Morgan fingerprint density at radius 1 is 1.00 bits per heavy atom. The van der Waals surface area contributed by atoms with Crippen LogP contribution in [0.2, 0.25) is 0 Å². The Kier molecular flexibility index (Phi) is 10.9. The van der Waals surface area contributed by atoms with Crippen molar-refractivity contribution in [3.8, 4) is 11.5 Å². The first-order valence-corrected chi connectivity index (χ1v) is 9.46. The Bertz CT molecular complexity index is 540. The molecule has 0 amide bonds. The smallest absolute Gasteiger partial charge is 0.414 e. The van der Waals surface area contributed by atoms with E-state index in [9.17, 15) is 0 Å². The number of piperidine rings is 1. The highest BCUT2D eigenvalue weighted by Gasteiger charge is 2.14. The second kappa shape index (κ2) is 13.0. The lowest BCUT2D eigenvalue weighted by Gasteiger charge is -2.30. The summed E-state index contributed by atoms with van der Waals surface area (Å²) in [5.41, 5.74) is 0. The van der Waals surface area contributed by atoms with Gasteiger partial charge < -0.3 is 24.6 Å². The fraction of sp³-hybridized carbons (Fsp3) is 0.600. The van der Waals surface area contributed by atoms with Gasteiger partial charge in [0, 0.05) is 0 Å². The summed E-state index contributed by atoms with van der Waals surface area (Å²) < 4.78 is 11.2. The number of benzene rings is 1. The number of likely N-dealkylation sites (tertiary alicyclic amines) is 1. The largest absolute Gasteiger partial charge is 0.494 e. The summed E-state index contributed by atoms with van der Waals surface area (Å²) in [7, 11) is 0. The molecule has 7 heteroatoms. The summed E-state index contributed by atoms with van der Waals surface area (Å²) >= 11 is 0. The van der Waals surface area contributed by atoms with Crippen molar-refractivity contribution in [1.82, 2.24) is 4.90 Å². The molecule has 0 aromatic heterocycles. The van der Waals surface area contributed by atoms with Crippen LogP contribution in [0, 0.1) is 5.92 Å². The number of aliphatic carboxylic acids is 2. The third-order valence-electron chi connectivity index (χ3n) is 4.33. The first-order chi connectivity index (χ1) is 12.9. The van der Waals surface area contributed by atoms with Gasteiger partial charge in [0.2, 0.25) is 0 Å². The topological polar surface area (TPSA) is 96.3 Å². The van der Waals surface area contributed by atoms with E-state index < -0.39 is 11.9 Å². The molecule has 152 valence electrons. The fourth-order valence-electron chi connectivity index (χ4n) is 2.71. The summed E-state index contributed by atoms with van der Waals surface area (Å²) in [6, 6.07) is 7.90. The number of hydrogen-bond donors (Lipinski definition) is 2. The van der Waals surface area contributed by atoms with Crippen molar-refractivity contribution >= 4 is 11.9 Å². The van der Waals surface area contributed by atoms with Crippen molar-refractivity contribution in [2.45, 2.75) is 39.5 Å². The van der Waals surface area contributed by atoms with Crippen LogP contribution in [0.1, 0.15) is 39.5 Å². The molecule has 1 heterocycles. The number of carbonyl (C=O) groups is 2. The number of nitrogens with zero attached hydrogens (tertiary/aromatic N) is 1. The van der Waals surface area contributed by atoms with Crippen molar-refractivity contribution in [2.75, 3.05) is 32.8 Å². The first kappa shape index (κ1) is 22.8. The van der Waals surface area contributed by atoms with Gasteiger partial charge in [-0.05, 0) is 82.4 Å². The molecule has 1 aliphatic rings. The molecule has 1 aromatic rings. The molecule has 0 aliphatic carbocycles. The average Bonchev–Trinajstić information content (AvgIpc) is 2.65. The van der Waals surface area contributed by atoms with Crippen LogP contribution >= 0.6 is 0 Å². The maximum Gasteiger partial charge on any atom is 0.414 e. The molecule has 1 aliphatic heterocycles. The Morgan fingerprint density at radius 3 is 2.00 bits per heavy atom. The van der Waals surface area contributed by atoms with Crippen molar-refractivity contribution < 1.29 is 29.3 Å². The van der Waals surface area contributed by atoms with Gasteiger partial charge in [-0.3, -0.25) is 0 Å². The maximum absolute atomic E-state index is 9.10. The fourth-order valence-corrected chi connectivity index (χ4v) is 2.71. The zero-order valence-electron chi connectivity index (χ0n) is 16.2. The van der Waals surface area contributed by atoms with Gasteiger partial charge in [0.15, 0.2) is 0 Å². The second-order valence-electron chi connectivity index (χ2n) is 6.59. The van der Waals surface area contributed by atoms with Gasteiger partial charge in [0.1, 0.15) is 11.5 Å². The monoisotopic (exact) mass is 381 g/mol. The Labute approximate surface area is 160 Å². The highest BCUT2D eigenvalue weighted by atomic mass is 16.5. The quantitative estimate of drug-likeness (QED) is 0.527. The Morgan fingerprint density at radius 2 is 1.52 bits per heavy atom. The molecule has 0 atom stereocenters. The van der Waals surface area contributed by atoms with Crippen molar-refractivity contribution in [3.63, 3.8) is 0 Å². The summed E-state index contributed by atoms with van der Waals surface area (Å²) in [5, 5.41) is 14.8. The second-order valence-corrected chi connectivity index (χ2v) is 6.59. The highest BCUT2D eigenvalue weighted by molar-refractivity contribution is 6.27. The number of unbranched alkanes of at least 4 members (excludes halogenated alkanes) is 1. The summed E-state index contributed by atoms with van der Waals surface area (Å²) in [5.74, 6) is -0.885. The molecule has 0 unspecified atom stereocenters. The van der Waals surface area contributed by atoms with E-state index in [4.69, 9.17) is 29.3 Å². The zero-order valence-corrected chi connectivity index (χ0v) is 16.2. The molecular formula is C20H31NO6. The molecule has 1 aromatic carbocycles. The van der Waals surface area contributed by atoms with Crippen LogP contribution in [0.15, 0.2) is 24.3 Å². The van der Waals surface area contributed by atoms with Gasteiger partial charge in [0.25, 0.3) is 0 Å². The van der Waals surface area contributed by atoms with E-state index in [0.29, 0.717) is 6.61 Å². The molecule has 0 saturated carbocycles. The van der Waals surface area contributed by atoms with Crippen LogP contribution in [0.3, 0.4) is 0 Å². The molecule has 2 rings (SSSR count). The molecule has 0 radical (unpaired) electrons. The van der Waals surface area contributed by atoms with Gasteiger partial charge in [-0.1, -0.05) is 6.92 Å². The minimum absolute atomic E-state index is 0.704. The lowest BCUT2D eigenvalue weighted by molar-refractivity contribution is -0.159. The number of rotatable bonds is 8. The van der Waals surface area contributed by atoms with E-state index >= 15 is 0 Å². The molecule has 27 heavy (non-hydrogen) atoms. The standard InChI is InChI=1S/C18H29NO2.C2H2O4/c1-3-20-17-6-8-18(9-7-17)21-15-5-4-12-19-13-10-16(2)11-14-19;3-1(4)2(5)6/h6-9,16H,3-5,10-15H2,1-2H3;(H,3,4)(H,5,6). The SMILES string of the molecule is CCOc1ccc(OCCCCN2CCC(C)CC2)cc1.O=C(O)C(=O)O. The maximum atomic E-state index is 9.10. The average molecular weight is 381 g/mol. The van der Waals surface area contributed by atoms with Crippen LogP contribution < -0.4 is 9.47 Å². The van der Waals surface area contributed by atoms with Crippen LogP contribution in [0.25, 0.3) is 0 Å². The lowest BCUT2D eigenvalue weighted by Crippen LogP contribution is -2.33. The predicted octanol–water partition coefficient (Wildman–Crippen LogP) is 3.13. The van der Waals surface area contributed by atoms with Crippen LogP contribution in [-0.2, 0) is 9.59 Å². The molecular weight excluding hydrogens is 350 g/mol. The third-order valence-corrected chi connectivity index (χ3v) is 4.33. The lowest BCUT2D eigenvalue weighted by atomic mass is 9.99. The molecule has 7 nitrogen and oxygen atoms in total. The summed E-state index contributed by atoms with van der Waals surface area (Å²) in [6.45, 7) is 9.64. The zero-order chi connectivity index (χ0) is 20.1. The van der Waals surface area contributed by atoms with Crippen molar-refractivity contribution in [2.24, 2.45) is 5.92 Å². The van der Waals surface area contributed by atoms with Gasteiger partial charge >= 0.3 is 11.9 Å². The third kappa shape index (κ3) is 10.5. The van der Waals surface area contributed by atoms with Crippen molar-refractivity contribution in [3.05, 3.63) is 24.3 Å². The van der Waals surface area contributed by atoms with E-state index in [1.54, 1.807) is 0 Å². The Balaban J connectivity index is 0.000000527. The molecule has 0 bridgehead atoms. The van der Waals surface area contributed by atoms with Crippen LogP contribution in [0.5, 0.6) is 11.5 Å². The Hall–Kier alpha value is -2.28. The van der Waals surface area contributed by atoms with Gasteiger partial charge in [-0.25, -0.2) is 9.59 Å². The number of ether oxygens (including phenoxy) is 2. The number of hydrogen-bond acceptors (Lipinski definition) is 5. The van der Waals surface area contributed by atoms with Crippen LogP contribution in [0.4, 0.5) is 0 Å². The molecule has 2 N–H and O–H groups in total. The normalized spacial score (nSPS) is 14.7. The molecule has 0 spiro atoms. The van der Waals surface area contributed by atoms with Crippen LogP contribution in [-0.4, -0.2) is 59.9 Å².